The fraction of sp³-hybridized carbons (Fsp3) is 0.261. The summed E-state index contributed by atoms with van der Waals surface area (Å²) in [4.78, 5) is 5.01. The molecule has 5 heteroatoms. The number of hydrogen-bond donors (Lipinski definition) is 4. The second kappa shape index (κ2) is 6.75. The summed E-state index contributed by atoms with van der Waals surface area (Å²) in [5.41, 5.74) is 21.4. The molecule has 142 valence electrons. The van der Waals surface area contributed by atoms with Gasteiger partial charge in [-0.2, -0.15) is 0 Å². The highest BCUT2D eigenvalue weighted by molar-refractivity contribution is 6.13. The van der Waals surface area contributed by atoms with E-state index < -0.39 is 0 Å². The molecule has 0 amide bonds. The number of nitrogens with zero attached hydrogens (tertiary/aromatic N) is 1. The van der Waals surface area contributed by atoms with Gasteiger partial charge in [-0.05, 0) is 74.9 Å². The maximum absolute atomic E-state index is 8.25. The van der Waals surface area contributed by atoms with Gasteiger partial charge in [-0.25, -0.2) is 4.98 Å². The van der Waals surface area contributed by atoms with Crippen LogP contribution in [0.2, 0.25) is 0 Å². The number of aryl methyl sites for hydroxylation is 1. The fourth-order valence-electron chi connectivity index (χ4n) is 4.31. The summed E-state index contributed by atoms with van der Waals surface area (Å²) < 4.78 is 0. The van der Waals surface area contributed by atoms with Crippen molar-refractivity contribution in [2.45, 2.75) is 39.5 Å². The van der Waals surface area contributed by atoms with Gasteiger partial charge in [-0.15, -0.1) is 0 Å². The van der Waals surface area contributed by atoms with E-state index in [9.17, 15) is 0 Å². The zero-order chi connectivity index (χ0) is 20.0. The van der Waals surface area contributed by atoms with Crippen molar-refractivity contribution >= 4 is 33.7 Å². The van der Waals surface area contributed by atoms with Crippen molar-refractivity contribution in [3.8, 4) is 11.3 Å². The molecule has 0 spiro atoms. The highest BCUT2D eigenvalue weighted by Crippen LogP contribution is 2.38. The topological polar surface area (TPSA) is 113 Å². The van der Waals surface area contributed by atoms with Crippen LogP contribution in [0.25, 0.3) is 22.2 Å². The molecule has 0 saturated carbocycles. The number of aromatic nitrogens is 1. The third kappa shape index (κ3) is 2.83. The number of benzene rings is 2. The lowest BCUT2D eigenvalue weighted by Crippen LogP contribution is -2.11. The third-order valence-corrected chi connectivity index (χ3v) is 5.61. The van der Waals surface area contributed by atoms with Crippen LogP contribution in [0.3, 0.4) is 0 Å². The maximum Gasteiger partial charge on any atom is 0.0744 e. The van der Waals surface area contributed by atoms with Crippen LogP contribution in [0.1, 0.15) is 48.9 Å². The molecule has 0 fully saturated rings. The molecule has 4 rings (SSSR count). The number of fused-ring (bicyclic) bond motifs is 3. The Morgan fingerprint density at radius 1 is 0.893 bits per heavy atom. The zero-order valence-electron chi connectivity index (χ0n) is 16.3. The average Bonchev–Trinajstić information content (AvgIpc) is 2.67. The predicted octanol–water partition coefficient (Wildman–Crippen LogP) is 4.72. The molecule has 5 nitrogen and oxygen atoms in total. The molecule has 6 N–H and O–H groups in total. The first-order chi connectivity index (χ1) is 13.4. The van der Waals surface area contributed by atoms with Crippen LogP contribution in [0.5, 0.6) is 0 Å². The van der Waals surface area contributed by atoms with E-state index in [4.69, 9.17) is 27.3 Å². The highest BCUT2D eigenvalue weighted by atomic mass is 14.7. The van der Waals surface area contributed by atoms with Crippen LogP contribution in [0.4, 0.5) is 11.4 Å². The highest BCUT2D eigenvalue weighted by Gasteiger charge is 2.23. The van der Waals surface area contributed by atoms with E-state index in [1.165, 1.54) is 11.1 Å². The molecule has 3 aromatic rings. The zero-order valence-corrected chi connectivity index (χ0v) is 16.3. The van der Waals surface area contributed by atoms with Gasteiger partial charge in [0.05, 0.1) is 11.2 Å². The summed E-state index contributed by atoms with van der Waals surface area (Å²) in [7, 11) is 0. The number of nitrogens with two attached hydrogens (primary N) is 2. The maximum atomic E-state index is 8.25. The molecular formula is C23H25N5. The molecule has 1 aliphatic rings. The second-order valence-electron chi connectivity index (χ2n) is 7.60. The van der Waals surface area contributed by atoms with Gasteiger partial charge in [0.15, 0.2) is 0 Å². The van der Waals surface area contributed by atoms with Crippen LogP contribution >= 0.6 is 0 Å². The van der Waals surface area contributed by atoms with Gasteiger partial charge >= 0.3 is 0 Å². The summed E-state index contributed by atoms with van der Waals surface area (Å²) in [5, 5.41) is 17.3. The molecule has 0 bridgehead atoms. The standard InChI is InChI=1S/C23H25N5/c1-12(24)17-11-14(7-8-18(17)26)23-16-6-4-3-5-15(16)22-20(28-23)10-9-19(27)21(22)13(2)25/h7-11,24-25H,3-6,26-27H2,1-2H3. The molecule has 1 aliphatic carbocycles. The Hall–Kier alpha value is -3.21. The van der Waals surface area contributed by atoms with Crippen molar-refractivity contribution in [2.24, 2.45) is 0 Å². The quantitative estimate of drug-likeness (QED) is 0.394. The van der Waals surface area contributed by atoms with Crippen molar-refractivity contribution in [2.75, 3.05) is 11.5 Å². The number of anilines is 2. The van der Waals surface area contributed by atoms with Crippen LogP contribution in [-0.2, 0) is 12.8 Å². The van der Waals surface area contributed by atoms with E-state index >= 15 is 0 Å². The van der Waals surface area contributed by atoms with Crippen molar-refractivity contribution in [3.63, 3.8) is 0 Å². The van der Waals surface area contributed by atoms with Crippen LogP contribution < -0.4 is 11.5 Å². The summed E-state index contributed by atoms with van der Waals surface area (Å²) in [6.45, 7) is 3.54. The summed E-state index contributed by atoms with van der Waals surface area (Å²) in [6.07, 6.45) is 4.18. The average molecular weight is 371 g/mol. The number of hydrogen-bond acceptors (Lipinski definition) is 5. The minimum atomic E-state index is 0.448. The first kappa shape index (κ1) is 18.2. The Balaban J connectivity index is 2.07. The van der Waals surface area contributed by atoms with Crippen LogP contribution in [0, 0.1) is 10.8 Å². The molecule has 28 heavy (non-hydrogen) atoms. The lowest BCUT2D eigenvalue weighted by molar-refractivity contribution is 0.689. The Kier molecular flexibility index (Phi) is 4.38. The third-order valence-electron chi connectivity index (χ3n) is 5.61. The van der Waals surface area contributed by atoms with E-state index in [2.05, 4.69) is 0 Å². The first-order valence-corrected chi connectivity index (χ1v) is 9.63. The lowest BCUT2D eigenvalue weighted by Gasteiger charge is -2.23. The van der Waals surface area contributed by atoms with E-state index in [1.807, 2.05) is 30.3 Å². The smallest absolute Gasteiger partial charge is 0.0744 e. The molecule has 2 aromatic carbocycles. The lowest BCUT2D eigenvalue weighted by atomic mass is 9.84. The predicted molar refractivity (Wildman–Crippen MR) is 118 cm³/mol. The van der Waals surface area contributed by atoms with Gasteiger partial charge in [0.1, 0.15) is 0 Å². The van der Waals surface area contributed by atoms with Gasteiger partial charge in [0.25, 0.3) is 0 Å². The van der Waals surface area contributed by atoms with Crippen LogP contribution in [-0.4, -0.2) is 16.4 Å². The molecule has 1 heterocycles. The van der Waals surface area contributed by atoms with E-state index in [-0.39, 0.29) is 0 Å². The SMILES string of the molecule is CC(=N)c1cc(-c2nc3ccc(N)c(C(C)=N)c3c3c2CCCC3)ccc1N. The van der Waals surface area contributed by atoms with E-state index in [0.717, 1.165) is 59.0 Å². The van der Waals surface area contributed by atoms with Gasteiger partial charge in [0.2, 0.25) is 0 Å². The van der Waals surface area contributed by atoms with Gasteiger partial charge in [0, 0.05) is 44.9 Å². The first-order valence-electron chi connectivity index (χ1n) is 9.63. The van der Waals surface area contributed by atoms with Crippen molar-refractivity contribution in [1.82, 2.24) is 4.98 Å². The number of rotatable bonds is 3. The Morgan fingerprint density at radius 3 is 2.25 bits per heavy atom. The monoisotopic (exact) mass is 371 g/mol. The van der Waals surface area contributed by atoms with E-state index in [0.29, 0.717) is 22.8 Å². The van der Waals surface area contributed by atoms with Gasteiger partial charge in [-0.3, -0.25) is 0 Å². The summed E-state index contributed by atoms with van der Waals surface area (Å²) >= 11 is 0. The number of nitrogens with one attached hydrogen (secondary N) is 2. The van der Waals surface area contributed by atoms with Crippen molar-refractivity contribution in [3.05, 3.63) is 52.6 Å². The molecule has 1 aromatic heterocycles. The molecule has 0 unspecified atom stereocenters. The minimum absolute atomic E-state index is 0.448. The van der Waals surface area contributed by atoms with Crippen molar-refractivity contribution in [1.29, 1.82) is 10.8 Å². The van der Waals surface area contributed by atoms with Crippen LogP contribution in [0.15, 0.2) is 30.3 Å². The Bertz CT molecular complexity index is 1140. The number of nitrogen functional groups attached to an aromatic ring is 2. The molecule has 0 aliphatic heterocycles. The largest absolute Gasteiger partial charge is 0.398 e. The second-order valence-corrected chi connectivity index (χ2v) is 7.60. The van der Waals surface area contributed by atoms with Gasteiger partial charge in [-0.1, -0.05) is 6.07 Å². The fourth-order valence-corrected chi connectivity index (χ4v) is 4.31. The Morgan fingerprint density at radius 2 is 1.57 bits per heavy atom. The molecule has 0 atom stereocenters. The number of pyridine rings is 1. The Labute approximate surface area is 164 Å². The normalized spacial score (nSPS) is 13.4. The molecule has 0 radical (unpaired) electrons. The molecular weight excluding hydrogens is 346 g/mol. The minimum Gasteiger partial charge on any atom is -0.398 e. The summed E-state index contributed by atoms with van der Waals surface area (Å²) in [6, 6.07) is 9.62. The molecule has 0 saturated heterocycles. The summed E-state index contributed by atoms with van der Waals surface area (Å²) in [5.74, 6) is 0. The van der Waals surface area contributed by atoms with Crippen molar-refractivity contribution < 1.29 is 0 Å². The van der Waals surface area contributed by atoms with E-state index in [1.54, 1.807) is 13.8 Å². The van der Waals surface area contributed by atoms with Gasteiger partial charge < -0.3 is 22.3 Å².